The molecule has 1 saturated heterocycles. The summed E-state index contributed by atoms with van der Waals surface area (Å²) in [7, 11) is 1.31. The van der Waals surface area contributed by atoms with Gasteiger partial charge < -0.3 is 9.47 Å². The van der Waals surface area contributed by atoms with Gasteiger partial charge in [-0.1, -0.05) is 62.9 Å². The summed E-state index contributed by atoms with van der Waals surface area (Å²) in [4.78, 5) is 24.5. The molecular formula is C19H26O4. The molecule has 1 aliphatic heterocycles. The van der Waals surface area contributed by atoms with E-state index in [1.165, 1.54) is 20.0 Å². The van der Waals surface area contributed by atoms with Crippen LogP contribution in [0.1, 0.15) is 57.1 Å². The number of Topliss-reactive ketones (excluding diaryl/α,β-unsaturated/α-hetero) is 1. The minimum Gasteiger partial charge on any atom is -0.468 e. The van der Waals surface area contributed by atoms with E-state index in [0.717, 1.165) is 24.8 Å². The Bertz CT molecular complexity index is 511. The molecule has 4 heteroatoms. The molecule has 0 aromatic heterocycles. The van der Waals surface area contributed by atoms with Gasteiger partial charge in [0.25, 0.3) is 0 Å². The van der Waals surface area contributed by atoms with Gasteiger partial charge in [-0.05, 0) is 12.0 Å². The average molecular weight is 318 g/mol. The zero-order valence-electron chi connectivity index (χ0n) is 14.0. The first kappa shape index (κ1) is 17.7. The number of methoxy groups -OCH3 is 1. The largest absolute Gasteiger partial charge is 0.468 e. The second kappa shape index (κ2) is 8.82. The number of benzene rings is 1. The first-order valence-corrected chi connectivity index (χ1v) is 8.48. The number of ether oxygens (including phenoxy) is 2. The van der Waals surface area contributed by atoms with Crippen LogP contribution in [-0.4, -0.2) is 25.0 Å². The van der Waals surface area contributed by atoms with Crippen LogP contribution in [0.25, 0.3) is 0 Å². The van der Waals surface area contributed by atoms with E-state index in [2.05, 4.69) is 6.92 Å². The van der Waals surface area contributed by atoms with Crippen molar-refractivity contribution in [2.75, 3.05) is 7.11 Å². The number of rotatable bonds is 7. The fourth-order valence-corrected chi connectivity index (χ4v) is 3.12. The van der Waals surface area contributed by atoms with Crippen molar-refractivity contribution in [1.82, 2.24) is 0 Å². The van der Waals surface area contributed by atoms with E-state index in [1.807, 2.05) is 30.3 Å². The highest BCUT2D eigenvalue weighted by Gasteiger charge is 2.43. The molecule has 1 fully saturated rings. The number of carbonyl (C=O) groups is 2. The highest BCUT2D eigenvalue weighted by molar-refractivity contribution is 6.00. The Morgan fingerprint density at radius 1 is 1.22 bits per heavy atom. The van der Waals surface area contributed by atoms with Crippen molar-refractivity contribution in [3.8, 4) is 0 Å². The summed E-state index contributed by atoms with van der Waals surface area (Å²) >= 11 is 0. The maximum Gasteiger partial charge on any atom is 0.319 e. The lowest BCUT2D eigenvalue weighted by Crippen LogP contribution is -2.41. The molecule has 0 radical (unpaired) electrons. The fourth-order valence-electron chi connectivity index (χ4n) is 3.12. The Labute approximate surface area is 138 Å². The Balaban J connectivity index is 2.11. The predicted octanol–water partition coefficient (Wildman–Crippen LogP) is 3.85. The minimum absolute atomic E-state index is 0.0718. The molecule has 1 heterocycles. The number of esters is 1. The van der Waals surface area contributed by atoms with E-state index in [0.29, 0.717) is 6.42 Å². The molecular weight excluding hydrogens is 292 g/mol. The lowest BCUT2D eigenvalue weighted by molar-refractivity contribution is -0.168. The Morgan fingerprint density at radius 3 is 2.61 bits per heavy atom. The lowest BCUT2D eigenvalue weighted by Gasteiger charge is -2.34. The molecule has 3 atom stereocenters. The average Bonchev–Trinajstić information content (AvgIpc) is 2.58. The first-order chi connectivity index (χ1) is 11.2. The molecule has 0 spiro atoms. The molecule has 0 N–H and O–H groups in total. The summed E-state index contributed by atoms with van der Waals surface area (Å²) in [6.07, 6.45) is 5.11. The second-order valence-corrected chi connectivity index (χ2v) is 6.11. The molecule has 2 rings (SSSR count). The van der Waals surface area contributed by atoms with Gasteiger partial charge >= 0.3 is 5.97 Å². The topological polar surface area (TPSA) is 52.6 Å². The SMILES string of the molecule is CCCCCC[C@@H]1CC(=O)[C@@H](C(=O)OC)[C@H](c2ccccc2)O1. The number of carbonyl (C=O) groups excluding carboxylic acids is 2. The monoisotopic (exact) mass is 318 g/mol. The van der Waals surface area contributed by atoms with Crippen LogP contribution in [0.2, 0.25) is 0 Å². The van der Waals surface area contributed by atoms with Crippen molar-refractivity contribution in [3.63, 3.8) is 0 Å². The molecule has 0 amide bonds. The molecule has 126 valence electrons. The van der Waals surface area contributed by atoms with Crippen molar-refractivity contribution >= 4 is 11.8 Å². The van der Waals surface area contributed by atoms with E-state index >= 15 is 0 Å². The van der Waals surface area contributed by atoms with Gasteiger partial charge in [-0.25, -0.2) is 0 Å². The van der Waals surface area contributed by atoms with E-state index < -0.39 is 18.0 Å². The molecule has 1 aromatic carbocycles. The Kier molecular flexibility index (Phi) is 6.78. The quantitative estimate of drug-likeness (QED) is 0.435. The third-order valence-corrected chi connectivity index (χ3v) is 4.38. The van der Waals surface area contributed by atoms with Gasteiger partial charge in [0.15, 0.2) is 5.78 Å². The van der Waals surface area contributed by atoms with Gasteiger partial charge in [0, 0.05) is 6.42 Å². The number of hydrogen-bond donors (Lipinski definition) is 0. The van der Waals surface area contributed by atoms with Crippen molar-refractivity contribution in [1.29, 1.82) is 0 Å². The summed E-state index contributed by atoms with van der Waals surface area (Å²) in [5.41, 5.74) is 0.856. The van der Waals surface area contributed by atoms with E-state index in [1.54, 1.807) is 0 Å². The van der Waals surface area contributed by atoms with Crippen molar-refractivity contribution in [2.24, 2.45) is 5.92 Å². The third kappa shape index (κ3) is 4.64. The molecule has 23 heavy (non-hydrogen) atoms. The maximum absolute atomic E-state index is 12.5. The minimum atomic E-state index is -0.853. The van der Waals surface area contributed by atoms with E-state index in [4.69, 9.17) is 9.47 Å². The standard InChI is InChI=1S/C19H26O4/c1-3-4-5-9-12-15-13-16(20)17(19(21)22-2)18(23-15)14-10-7-6-8-11-14/h6-8,10-11,15,17-18H,3-5,9,12-13H2,1-2H3/t15-,17-,18+/m1/s1. The summed E-state index contributed by atoms with van der Waals surface area (Å²) < 4.78 is 11.0. The number of hydrogen-bond acceptors (Lipinski definition) is 4. The van der Waals surface area contributed by atoms with Crippen LogP contribution in [0.3, 0.4) is 0 Å². The highest BCUT2D eigenvalue weighted by Crippen LogP contribution is 2.36. The van der Waals surface area contributed by atoms with Gasteiger partial charge in [-0.2, -0.15) is 0 Å². The summed E-state index contributed by atoms with van der Waals surface area (Å²) in [5.74, 6) is -1.43. The lowest BCUT2D eigenvalue weighted by atomic mass is 9.85. The Morgan fingerprint density at radius 2 is 1.96 bits per heavy atom. The van der Waals surface area contributed by atoms with Crippen molar-refractivity contribution in [3.05, 3.63) is 35.9 Å². The zero-order valence-corrected chi connectivity index (χ0v) is 14.0. The van der Waals surface area contributed by atoms with E-state index in [9.17, 15) is 9.59 Å². The summed E-state index contributed by atoms with van der Waals surface area (Å²) in [6.45, 7) is 2.17. The van der Waals surface area contributed by atoms with Crippen molar-refractivity contribution in [2.45, 2.75) is 57.7 Å². The number of unbranched alkanes of at least 4 members (excludes halogenated alkanes) is 3. The van der Waals surface area contributed by atoms with Crippen LogP contribution in [0.4, 0.5) is 0 Å². The van der Waals surface area contributed by atoms with Crippen LogP contribution >= 0.6 is 0 Å². The number of ketones is 1. The third-order valence-electron chi connectivity index (χ3n) is 4.38. The molecule has 1 aromatic rings. The second-order valence-electron chi connectivity index (χ2n) is 6.11. The van der Waals surface area contributed by atoms with E-state index in [-0.39, 0.29) is 11.9 Å². The van der Waals surface area contributed by atoms with Crippen LogP contribution in [0.15, 0.2) is 30.3 Å². The Hall–Kier alpha value is -1.68. The first-order valence-electron chi connectivity index (χ1n) is 8.48. The van der Waals surface area contributed by atoms with Crippen molar-refractivity contribution < 1.29 is 19.1 Å². The maximum atomic E-state index is 12.5. The molecule has 0 unspecified atom stereocenters. The summed E-state index contributed by atoms with van der Waals surface area (Å²) in [5, 5.41) is 0. The molecule has 1 aliphatic rings. The van der Waals surface area contributed by atoms with Gasteiger partial charge in [-0.3, -0.25) is 9.59 Å². The van der Waals surface area contributed by atoms with Gasteiger partial charge in [0.1, 0.15) is 12.0 Å². The molecule has 4 nitrogen and oxygen atoms in total. The van der Waals surface area contributed by atoms with Crippen LogP contribution < -0.4 is 0 Å². The van der Waals surface area contributed by atoms with Gasteiger partial charge in [0.2, 0.25) is 0 Å². The fraction of sp³-hybridized carbons (Fsp3) is 0.579. The molecule has 0 bridgehead atoms. The van der Waals surface area contributed by atoms with Gasteiger partial charge in [0.05, 0.1) is 13.2 Å². The van der Waals surface area contributed by atoms with Gasteiger partial charge in [-0.15, -0.1) is 0 Å². The molecule has 0 saturated carbocycles. The zero-order chi connectivity index (χ0) is 16.7. The summed E-state index contributed by atoms with van der Waals surface area (Å²) in [6, 6.07) is 9.48. The highest BCUT2D eigenvalue weighted by atomic mass is 16.5. The predicted molar refractivity (Wildman–Crippen MR) is 87.9 cm³/mol. The smallest absolute Gasteiger partial charge is 0.319 e. The van der Waals surface area contributed by atoms with Crippen LogP contribution in [0, 0.1) is 5.92 Å². The van der Waals surface area contributed by atoms with Crippen LogP contribution in [-0.2, 0) is 19.1 Å². The normalized spacial score (nSPS) is 24.4. The van der Waals surface area contributed by atoms with Crippen LogP contribution in [0.5, 0.6) is 0 Å². The molecule has 0 aliphatic carbocycles.